The highest BCUT2D eigenvalue weighted by atomic mass is 16.5. The van der Waals surface area contributed by atoms with Crippen molar-refractivity contribution in [3.63, 3.8) is 0 Å². The molecule has 0 bridgehead atoms. The van der Waals surface area contributed by atoms with Crippen molar-refractivity contribution in [2.75, 3.05) is 6.61 Å². The van der Waals surface area contributed by atoms with Gasteiger partial charge >= 0.3 is 17.9 Å². The van der Waals surface area contributed by atoms with Crippen LogP contribution in [0.3, 0.4) is 0 Å². The lowest BCUT2D eigenvalue weighted by Crippen LogP contribution is -2.43. The summed E-state index contributed by atoms with van der Waals surface area (Å²) in [6, 6.07) is -0.815. The SMILES string of the molecule is O=C(O)CC[C@H](NC(=O)COC(=O)c1c(O)c(O)cc2occ(C3=CNC4=CC(=O)C(O)=CC4C3=O)c(=O)c12)C(=O)O. The number of rotatable bonds is 9. The fourth-order valence-electron chi connectivity index (χ4n) is 4.20. The Balaban J connectivity index is 1.66. The summed E-state index contributed by atoms with van der Waals surface area (Å²) in [5, 5.41) is 52.1. The predicted molar refractivity (Wildman–Crippen MR) is 136 cm³/mol. The van der Waals surface area contributed by atoms with Crippen LogP contribution in [0.5, 0.6) is 11.5 Å². The zero-order valence-electron chi connectivity index (χ0n) is 21.1. The Hall–Kier alpha value is -5.93. The molecule has 42 heavy (non-hydrogen) atoms. The maximum absolute atomic E-state index is 13.5. The van der Waals surface area contributed by atoms with E-state index in [0.717, 1.165) is 30.7 Å². The molecule has 0 saturated heterocycles. The number of aliphatic hydroxyl groups is 1. The van der Waals surface area contributed by atoms with Gasteiger partial charge in [-0.1, -0.05) is 0 Å². The van der Waals surface area contributed by atoms with E-state index in [-0.39, 0.29) is 11.3 Å². The van der Waals surface area contributed by atoms with Crippen molar-refractivity contribution in [2.45, 2.75) is 18.9 Å². The van der Waals surface area contributed by atoms with Crippen molar-refractivity contribution in [2.24, 2.45) is 5.92 Å². The molecule has 1 aliphatic heterocycles. The van der Waals surface area contributed by atoms with Crippen molar-refractivity contribution in [1.82, 2.24) is 10.6 Å². The first-order valence-electron chi connectivity index (χ1n) is 11.9. The van der Waals surface area contributed by atoms with Crippen LogP contribution in [0.2, 0.25) is 0 Å². The number of fused-ring (bicyclic) bond motifs is 2. The molecule has 16 nitrogen and oxygen atoms in total. The number of nitrogens with one attached hydrogen (secondary N) is 2. The van der Waals surface area contributed by atoms with E-state index in [2.05, 4.69) is 5.32 Å². The number of aromatic hydroxyl groups is 2. The van der Waals surface area contributed by atoms with E-state index in [1.807, 2.05) is 5.32 Å². The number of phenolic OH excluding ortho intramolecular Hbond substituents is 2. The van der Waals surface area contributed by atoms with Gasteiger partial charge in [0.2, 0.25) is 11.2 Å². The van der Waals surface area contributed by atoms with E-state index < -0.39 is 112 Å². The molecule has 0 saturated carbocycles. The van der Waals surface area contributed by atoms with Gasteiger partial charge in [0.15, 0.2) is 29.6 Å². The van der Waals surface area contributed by atoms with Gasteiger partial charge in [-0.3, -0.25) is 24.0 Å². The number of aliphatic carboxylic acids is 2. The number of carbonyl (C=O) groups is 6. The number of ether oxygens (including phenoxy) is 1. The molecule has 1 amide bonds. The van der Waals surface area contributed by atoms with Gasteiger partial charge < -0.3 is 45.3 Å². The second-order valence-electron chi connectivity index (χ2n) is 9.00. The van der Waals surface area contributed by atoms with Crippen LogP contribution in [0.4, 0.5) is 0 Å². The number of phenols is 2. The molecule has 7 N–H and O–H groups in total. The zero-order valence-corrected chi connectivity index (χ0v) is 21.1. The third kappa shape index (κ3) is 5.53. The van der Waals surface area contributed by atoms with Gasteiger partial charge in [-0.05, 0) is 12.5 Å². The van der Waals surface area contributed by atoms with Crippen LogP contribution in [0.15, 0.2) is 51.3 Å². The summed E-state index contributed by atoms with van der Waals surface area (Å²) in [4.78, 5) is 85.4. The van der Waals surface area contributed by atoms with Gasteiger partial charge in [-0.15, -0.1) is 0 Å². The van der Waals surface area contributed by atoms with Crippen molar-refractivity contribution in [3.8, 4) is 11.5 Å². The van der Waals surface area contributed by atoms with Crippen LogP contribution in [0.1, 0.15) is 28.8 Å². The number of benzene rings is 1. The highest BCUT2D eigenvalue weighted by Crippen LogP contribution is 2.36. The van der Waals surface area contributed by atoms with Crippen LogP contribution in [-0.2, 0) is 28.7 Å². The largest absolute Gasteiger partial charge is 0.504 e. The van der Waals surface area contributed by atoms with E-state index >= 15 is 0 Å². The molecule has 16 heteroatoms. The van der Waals surface area contributed by atoms with Gasteiger partial charge in [0, 0.05) is 36.0 Å². The maximum Gasteiger partial charge on any atom is 0.343 e. The number of hydrogen-bond acceptors (Lipinski definition) is 13. The molecule has 0 fully saturated rings. The van der Waals surface area contributed by atoms with E-state index in [4.69, 9.17) is 19.4 Å². The minimum Gasteiger partial charge on any atom is -0.504 e. The van der Waals surface area contributed by atoms with Gasteiger partial charge in [0.05, 0.1) is 16.9 Å². The van der Waals surface area contributed by atoms with Gasteiger partial charge in [-0.2, -0.15) is 0 Å². The average Bonchev–Trinajstić information content (AvgIpc) is 2.92. The standard InChI is InChI=1S/C26H20N2O14/c29-14-3-9-13(4-15(14)30)27-6-10(22(9)35)11-7-41-17-5-16(31)24(37)21(20(17)23(11)36)26(40)42-8-18(32)28-12(25(38)39)1-2-19(33)34/h3-7,9,12,27,29,31,37H,1-2,8H2,(H,28,32)(H,33,34)(H,38,39)/t9?,12-/m0/s1. The summed E-state index contributed by atoms with van der Waals surface area (Å²) in [7, 11) is 0. The topological polar surface area (TPSA) is 267 Å². The third-order valence-corrected chi connectivity index (χ3v) is 6.26. The van der Waals surface area contributed by atoms with Crippen LogP contribution in [-0.4, -0.2) is 73.6 Å². The summed E-state index contributed by atoms with van der Waals surface area (Å²) in [6.45, 7) is -1.13. The number of esters is 1. The molecule has 2 atom stereocenters. The first kappa shape index (κ1) is 29.1. The number of allylic oxidation sites excluding steroid dienone is 3. The number of amides is 1. The van der Waals surface area contributed by atoms with Crippen LogP contribution >= 0.6 is 0 Å². The van der Waals surface area contributed by atoms with Crippen molar-refractivity contribution in [1.29, 1.82) is 0 Å². The number of carbonyl (C=O) groups excluding carboxylic acids is 4. The highest BCUT2D eigenvalue weighted by molar-refractivity contribution is 6.25. The Morgan fingerprint density at radius 1 is 1.10 bits per heavy atom. The number of ketones is 2. The summed E-state index contributed by atoms with van der Waals surface area (Å²) in [5.74, 6) is -10.9. The zero-order chi connectivity index (χ0) is 30.9. The van der Waals surface area contributed by atoms with Gasteiger partial charge in [0.25, 0.3) is 5.91 Å². The van der Waals surface area contributed by atoms with Gasteiger partial charge in [0.1, 0.15) is 23.5 Å². The fraction of sp³-hybridized carbons (Fsp3) is 0.192. The van der Waals surface area contributed by atoms with Crippen LogP contribution < -0.4 is 16.1 Å². The molecule has 1 aliphatic carbocycles. The molecule has 0 spiro atoms. The Morgan fingerprint density at radius 3 is 2.48 bits per heavy atom. The lowest BCUT2D eigenvalue weighted by atomic mass is 9.85. The fourth-order valence-corrected chi connectivity index (χ4v) is 4.20. The summed E-state index contributed by atoms with van der Waals surface area (Å²) in [5.41, 5.74) is -2.96. The summed E-state index contributed by atoms with van der Waals surface area (Å²) < 4.78 is 10.2. The first-order chi connectivity index (χ1) is 19.8. The Kier molecular flexibility index (Phi) is 7.81. The minimum absolute atomic E-state index is 0.134. The van der Waals surface area contributed by atoms with Crippen LogP contribution in [0.25, 0.3) is 16.5 Å². The molecule has 2 aromatic rings. The van der Waals surface area contributed by atoms with E-state index in [1.165, 1.54) is 0 Å². The Bertz CT molecular complexity index is 1730. The average molecular weight is 584 g/mol. The number of aliphatic hydroxyl groups excluding tert-OH is 1. The van der Waals surface area contributed by atoms with Crippen molar-refractivity contribution < 1.29 is 63.5 Å². The molecule has 218 valence electrons. The number of carboxylic acid groups (broad SMARTS) is 2. The number of carboxylic acids is 2. The summed E-state index contributed by atoms with van der Waals surface area (Å²) >= 11 is 0. The Labute approximate surface area is 232 Å². The van der Waals surface area contributed by atoms with E-state index in [1.54, 1.807) is 0 Å². The van der Waals surface area contributed by atoms with Crippen molar-refractivity contribution in [3.05, 3.63) is 63.5 Å². The number of hydrogen-bond donors (Lipinski definition) is 7. The molecule has 2 heterocycles. The molecule has 2 aliphatic rings. The molecule has 1 aromatic carbocycles. The predicted octanol–water partition coefficient (Wildman–Crippen LogP) is -0.167. The van der Waals surface area contributed by atoms with Crippen LogP contribution in [0, 0.1) is 5.92 Å². The van der Waals surface area contributed by atoms with Crippen molar-refractivity contribution >= 4 is 51.9 Å². The monoisotopic (exact) mass is 584 g/mol. The van der Waals surface area contributed by atoms with E-state index in [9.17, 15) is 48.9 Å². The first-order valence-corrected chi connectivity index (χ1v) is 11.9. The molecule has 4 rings (SSSR count). The summed E-state index contributed by atoms with van der Waals surface area (Å²) in [6.07, 6.45) is 2.88. The smallest absolute Gasteiger partial charge is 0.343 e. The minimum atomic E-state index is -1.62. The normalized spacial score (nSPS) is 16.8. The molecular weight excluding hydrogens is 564 g/mol. The highest BCUT2D eigenvalue weighted by Gasteiger charge is 2.35. The van der Waals surface area contributed by atoms with Gasteiger partial charge in [-0.25, -0.2) is 9.59 Å². The maximum atomic E-state index is 13.5. The Morgan fingerprint density at radius 2 is 1.81 bits per heavy atom. The lowest BCUT2D eigenvalue weighted by Gasteiger charge is -2.25. The molecule has 1 unspecified atom stereocenters. The quantitative estimate of drug-likeness (QED) is 0.149. The second kappa shape index (κ2) is 11.3. The second-order valence-corrected chi connectivity index (χ2v) is 9.00. The lowest BCUT2D eigenvalue weighted by molar-refractivity contribution is -0.143. The molecular formula is C26H20N2O14. The number of Topliss-reactive ketones (excluding diaryl/α,β-unsaturated/α-hetero) is 1. The van der Waals surface area contributed by atoms with E-state index in [0.29, 0.717) is 0 Å². The molecule has 1 aromatic heterocycles. The molecule has 0 radical (unpaired) electrons. The third-order valence-electron chi connectivity index (χ3n) is 6.26.